The summed E-state index contributed by atoms with van der Waals surface area (Å²) >= 11 is 1.20. The summed E-state index contributed by atoms with van der Waals surface area (Å²) in [5, 5.41) is 5.60. The first kappa shape index (κ1) is 19.7. The van der Waals surface area contributed by atoms with Gasteiger partial charge in [0.15, 0.2) is 0 Å². The molecule has 2 N–H and O–H groups in total. The molecule has 1 atom stereocenters. The highest BCUT2D eigenvalue weighted by molar-refractivity contribution is 8.00. The lowest BCUT2D eigenvalue weighted by Crippen LogP contribution is -2.31. The van der Waals surface area contributed by atoms with Crippen LogP contribution in [0.5, 0.6) is 0 Å². The molecular weight excluding hydrogens is 379 g/mol. The smallest absolute Gasteiger partial charge is 0.234 e. The van der Waals surface area contributed by atoms with Crippen molar-refractivity contribution in [1.29, 1.82) is 0 Å². The molecule has 0 saturated heterocycles. The molecule has 144 valence electrons. The van der Waals surface area contributed by atoms with Crippen molar-refractivity contribution in [3.05, 3.63) is 90.1 Å². The number of amides is 2. The molecule has 0 aliphatic rings. The number of benzene rings is 2. The van der Waals surface area contributed by atoms with E-state index >= 15 is 0 Å². The van der Waals surface area contributed by atoms with E-state index in [2.05, 4.69) is 10.6 Å². The highest BCUT2D eigenvalue weighted by atomic mass is 32.2. The molecule has 7 heteroatoms. The van der Waals surface area contributed by atoms with Gasteiger partial charge in [-0.25, -0.2) is 4.39 Å². The van der Waals surface area contributed by atoms with Crippen molar-refractivity contribution in [2.75, 3.05) is 16.8 Å². The fraction of sp³-hybridized carbons (Fsp3) is 0.143. The van der Waals surface area contributed by atoms with E-state index in [0.29, 0.717) is 11.4 Å². The summed E-state index contributed by atoms with van der Waals surface area (Å²) < 4.78 is 18.3. The Morgan fingerprint density at radius 3 is 2.32 bits per heavy atom. The Bertz CT molecular complexity index is 899. The van der Waals surface area contributed by atoms with Crippen molar-refractivity contribution in [1.82, 2.24) is 5.32 Å². The number of rotatable bonds is 8. The molecule has 1 aromatic heterocycles. The van der Waals surface area contributed by atoms with Gasteiger partial charge in [0.25, 0.3) is 0 Å². The second kappa shape index (κ2) is 9.75. The van der Waals surface area contributed by atoms with Crippen LogP contribution < -0.4 is 10.6 Å². The Morgan fingerprint density at radius 1 is 0.929 bits per heavy atom. The lowest BCUT2D eigenvalue weighted by molar-refractivity contribution is -0.119. The van der Waals surface area contributed by atoms with Crippen LogP contribution in [0.1, 0.15) is 17.4 Å². The van der Waals surface area contributed by atoms with Gasteiger partial charge in [-0.1, -0.05) is 30.3 Å². The van der Waals surface area contributed by atoms with Gasteiger partial charge in [-0.3, -0.25) is 9.59 Å². The van der Waals surface area contributed by atoms with Gasteiger partial charge in [-0.15, -0.1) is 11.8 Å². The van der Waals surface area contributed by atoms with Gasteiger partial charge >= 0.3 is 0 Å². The fourth-order valence-corrected chi connectivity index (χ4v) is 3.22. The Hall–Kier alpha value is -3.06. The summed E-state index contributed by atoms with van der Waals surface area (Å²) in [6.45, 7) is 0. The first-order chi connectivity index (χ1) is 13.6. The van der Waals surface area contributed by atoms with E-state index in [1.54, 1.807) is 18.4 Å². The number of carbonyl (C=O) groups is 2. The zero-order chi connectivity index (χ0) is 19.8. The third kappa shape index (κ3) is 5.72. The minimum atomic E-state index is -0.391. The molecule has 0 fully saturated rings. The van der Waals surface area contributed by atoms with E-state index in [9.17, 15) is 14.0 Å². The van der Waals surface area contributed by atoms with Gasteiger partial charge in [0.1, 0.15) is 17.6 Å². The lowest BCUT2D eigenvalue weighted by atomic mass is 10.0. The van der Waals surface area contributed by atoms with E-state index in [0.717, 1.165) is 5.56 Å². The molecule has 0 radical (unpaired) electrons. The largest absolute Gasteiger partial charge is 0.467 e. The first-order valence-electron chi connectivity index (χ1n) is 8.62. The van der Waals surface area contributed by atoms with Gasteiger partial charge in [-0.05, 0) is 42.0 Å². The quantitative estimate of drug-likeness (QED) is 0.602. The molecular formula is C21H19FN2O3S. The predicted molar refractivity (Wildman–Crippen MR) is 107 cm³/mol. The topological polar surface area (TPSA) is 71.3 Å². The molecule has 3 aromatic rings. The van der Waals surface area contributed by atoms with Crippen LogP contribution in [-0.4, -0.2) is 23.3 Å². The van der Waals surface area contributed by atoms with Crippen molar-refractivity contribution in [3.63, 3.8) is 0 Å². The Kier molecular flexibility index (Phi) is 6.86. The Labute approximate surface area is 166 Å². The average molecular weight is 398 g/mol. The van der Waals surface area contributed by atoms with Gasteiger partial charge in [0.2, 0.25) is 11.8 Å². The molecule has 2 aromatic carbocycles. The highest BCUT2D eigenvalue weighted by Gasteiger charge is 2.19. The van der Waals surface area contributed by atoms with Crippen molar-refractivity contribution in [3.8, 4) is 0 Å². The number of anilines is 1. The summed E-state index contributed by atoms with van der Waals surface area (Å²) in [6.07, 6.45) is 1.56. The maximum absolute atomic E-state index is 12.9. The van der Waals surface area contributed by atoms with E-state index < -0.39 is 6.04 Å². The molecule has 5 nitrogen and oxygen atoms in total. The SMILES string of the molecule is O=C(CSCC(=O)NC(c1ccccc1)c1ccco1)Nc1ccc(F)cc1. The number of carbonyl (C=O) groups excluding carboxylic acids is 2. The average Bonchev–Trinajstić information content (AvgIpc) is 3.23. The molecule has 0 spiro atoms. The van der Waals surface area contributed by atoms with Crippen molar-refractivity contribution < 1.29 is 18.4 Å². The molecule has 1 heterocycles. The summed E-state index contributed by atoms with van der Waals surface area (Å²) in [5.41, 5.74) is 1.42. The van der Waals surface area contributed by atoms with Gasteiger partial charge < -0.3 is 15.1 Å². The van der Waals surface area contributed by atoms with Crippen LogP contribution in [-0.2, 0) is 9.59 Å². The number of halogens is 1. The van der Waals surface area contributed by atoms with Crippen molar-refractivity contribution in [2.45, 2.75) is 6.04 Å². The molecule has 28 heavy (non-hydrogen) atoms. The van der Waals surface area contributed by atoms with Crippen LogP contribution in [0.4, 0.5) is 10.1 Å². The molecule has 2 amide bonds. The zero-order valence-electron chi connectivity index (χ0n) is 14.9. The normalized spacial score (nSPS) is 11.6. The second-order valence-corrected chi connectivity index (χ2v) is 6.96. The first-order valence-corrected chi connectivity index (χ1v) is 9.78. The number of nitrogens with one attached hydrogen (secondary N) is 2. The standard InChI is InChI=1S/C21H19FN2O3S/c22-16-8-10-17(11-9-16)23-19(25)13-28-14-20(26)24-21(18-7-4-12-27-18)15-5-2-1-3-6-15/h1-12,21H,13-14H2,(H,23,25)(H,24,26). The van der Waals surface area contributed by atoms with E-state index in [1.807, 2.05) is 30.3 Å². The third-order valence-electron chi connectivity index (χ3n) is 3.86. The van der Waals surface area contributed by atoms with Crippen LogP contribution in [0, 0.1) is 5.82 Å². The molecule has 0 aliphatic heterocycles. The van der Waals surface area contributed by atoms with E-state index in [1.165, 1.54) is 36.0 Å². The van der Waals surface area contributed by atoms with Crippen molar-refractivity contribution in [2.24, 2.45) is 0 Å². The molecule has 3 rings (SSSR count). The summed E-state index contributed by atoms with van der Waals surface area (Å²) in [6, 6.07) is 18.2. The summed E-state index contributed by atoms with van der Waals surface area (Å²) in [7, 11) is 0. The molecule has 0 saturated carbocycles. The van der Waals surface area contributed by atoms with Crippen LogP contribution in [0.25, 0.3) is 0 Å². The van der Waals surface area contributed by atoms with E-state index in [4.69, 9.17) is 4.42 Å². The van der Waals surface area contributed by atoms with Crippen LogP contribution in [0.2, 0.25) is 0 Å². The Morgan fingerprint density at radius 2 is 1.64 bits per heavy atom. The van der Waals surface area contributed by atoms with Gasteiger partial charge in [0.05, 0.1) is 17.8 Å². The minimum absolute atomic E-state index is 0.113. The van der Waals surface area contributed by atoms with Crippen LogP contribution >= 0.6 is 11.8 Å². The summed E-state index contributed by atoms with van der Waals surface area (Å²) in [4.78, 5) is 24.3. The number of furan rings is 1. The number of thioether (sulfide) groups is 1. The second-order valence-electron chi connectivity index (χ2n) is 5.97. The van der Waals surface area contributed by atoms with Gasteiger partial charge in [-0.2, -0.15) is 0 Å². The lowest BCUT2D eigenvalue weighted by Gasteiger charge is -2.17. The number of hydrogen-bond acceptors (Lipinski definition) is 4. The zero-order valence-corrected chi connectivity index (χ0v) is 15.7. The predicted octanol–water partition coefficient (Wildman–Crippen LogP) is 4.00. The minimum Gasteiger partial charge on any atom is -0.467 e. The van der Waals surface area contributed by atoms with Crippen LogP contribution in [0.15, 0.2) is 77.4 Å². The van der Waals surface area contributed by atoms with E-state index in [-0.39, 0.29) is 29.1 Å². The van der Waals surface area contributed by atoms with Crippen LogP contribution in [0.3, 0.4) is 0 Å². The molecule has 0 bridgehead atoms. The molecule has 1 unspecified atom stereocenters. The fourth-order valence-electron chi connectivity index (χ4n) is 2.59. The number of hydrogen-bond donors (Lipinski definition) is 2. The maximum atomic E-state index is 12.9. The monoisotopic (exact) mass is 398 g/mol. The Balaban J connectivity index is 1.49. The molecule has 0 aliphatic carbocycles. The van der Waals surface area contributed by atoms with Crippen molar-refractivity contribution >= 4 is 29.3 Å². The summed E-state index contributed by atoms with van der Waals surface area (Å²) in [5.74, 6) is 0.0506. The third-order valence-corrected chi connectivity index (χ3v) is 4.79. The van der Waals surface area contributed by atoms with Gasteiger partial charge in [0, 0.05) is 5.69 Å². The maximum Gasteiger partial charge on any atom is 0.234 e. The highest BCUT2D eigenvalue weighted by Crippen LogP contribution is 2.22.